The number of hydrogen-bond acceptors (Lipinski definition) is 5. The molecule has 1 aliphatic rings. The predicted octanol–water partition coefficient (Wildman–Crippen LogP) is 7.65. The fourth-order valence-electron chi connectivity index (χ4n) is 6.02. The number of thioether (sulfide) groups is 1. The van der Waals surface area contributed by atoms with Gasteiger partial charge in [0.15, 0.2) is 0 Å². The molecule has 48 heavy (non-hydrogen) atoms. The minimum absolute atomic E-state index is 0.0236. The zero-order valence-electron chi connectivity index (χ0n) is 27.3. The van der Waals surface area contributed by atoms with Crippen LogP contribution in [-0.4, -0.2) is 50.0 Å². The third-order valence-corrected chi connectivity index (χ3v) is 11.7. The maximum absolute atomic E-state index is 14.7. The van der Waals surface area contributed by atoms with E-state index in [-0.39, 0.29) is 29.8 Å². The molecular weight excluding hydrogens is 662 g/mol. The number of carbonyl (C=O) groups excluding carboxylic acids is 2. The molecule has 0 spiro atoms. The SMILES string of the molecule is CSc1ccc(S(=O)(=O)N(CC(=O)N(Cc2ccccc2Cl)[C@H](Cc2ccccc2)C(=O)NC2CCCCC2)c2ccc(C)cc2)cc1. The second-order valence-electron chi connectivity index (χ2n) is 12.2. The molecule has 1 atom stereocenters. The van der Waals surface area contributed by atoms with Crippen molar-refractivity contribution in [3.8, 4) is 0 Å². The lowest BCUT2D eigenvalue weighted by Gasteiger charge is -2.35. The van der Waals surface area contributed by atoms with Gasteiger partial charge in [0.1, 0.15) is 12.6 Å². The number of anilines is 1. The minimum atomic E-state index is -4.18. The number of sulfonamides is 1. The molecule has 10 heteroatoms. The van der Waals surface area contributed by atoms with Crippen LogP contribution in [0.25, 0.3) is 0 Å². The highest BCUT2D eigenvalue weighted by molar-refractivity contribution is 7.98. The number of aryl methyl sites for hydroxylation is 1. The standard InChI is InChI=1S/C38H42ClN3O4S2/c1-28-17-19-32(20-18-28)42(48(45,46)34-23-21-33(47-2)22-24-34)27-37(43)41(26-30-13-9-10-16-35(30)39)36(25-29-11-5-3-6-12-29)38(44)40-31-14-7-4-8-15-31/h3,5-6,9-13,16-24,31,36H,4,7-8,14-15,25-27H2,1-2H3,(H,40,44)/t36-/m1/s1. The molecule has 5 rings (SSSR count). The molecule has 4 aromatic rings. The van der Waals surface area contributed by atoms with Crippen LogP contribution in [0, 0.1) is 6.92 Å². The van der Waals surface area contributed by atoms with Crippen LogP contribution in [-0.2, 0) is 32.6 Å². The van der Waals surface area contributed by atoms with Gasteiger partial charge in [-0.3, -0.25) is 13.9 Å². The zero-order chi connectivity index (χ0) is 34.1. The van der Waals surface area contributed by atoms with E-state index in [1.54, 1.807) is 42.5 Å². The molecule has 1 aliphatic carbocycles. The minimum Gasteiger partial charge on any atom is -0.352 e. The second kappa shape index (κ2) is 16.5. The van der Waals surface area contributed by atoms with Gasteiger partial charge in [-0.2, -0.15) is 0 Å². The summed E-state index contributed by atoms with van der Waals surface area (Å²) >= 11 is 8.13. The average Bonchev–Trinajstić information content (AvgIpc) is 3.10. The maximum atomic E-state index is 14.7. The van der Waals surface area contributed by atoms with E-state index in [1.807, 2.05) is 73.8 Å². The molecule has 0 saturated heterocycles. The number of halogens is 1. The van der Waals surface area contributed by atoms with Crippen LogP contribution in [0.15, 0.2) is 113 Å². The summed E-state index contributed by atoms with van der Waals surface area (Å²) in [5.74, 6) is -0.775. The van der Waals surface area contributed by atoms with Crippen molar-refractivity contribution in [2.24, 2.45) is 0 Å². The van der Waals surface area contributed by atoms with Gasteiger partial charge in [0.2, 0.25) is 11.8 Å². The summed E-state index contributed by atoms with van der Waals surface area (Å²) in [7, 11) is -4.18. The smallest absolute Gasteiger partial charge is 0.264 e. The maximum Gasteiger partial charge on any atom is 0.264 e. The first-order valence-electron chi connectivity index (χ1n) is 16.3. The van der Waals surface area contributed by atoms with E-state index in [0.29, 0.717) is 16.3 Å². The molecule has 252 valence electrons. The Hall–Kier alpha value is -3.79. The Morgan fingerprint density at radius 1 is 0.875 bits per heavy atom. The first kappa shape index (κ1) is 35.5. The highest BCUT2D eigenvalue weighted by Crippen LogP contribution is 2.28. The zero-order valence-corrected chi connectivity index (χ0v) is 29.7. The third-order valence-electron chi connectivity index (χ3n) is 8.77. The van der Waals surface area contributed by atoms with Crippen molar-refractivity contribution in [1.82, 2.24) is 10.2 Å². The molecule has 1 saturated carbocycles. The van der Waals surface area contributed by atoms with Gasteiger partial charge in [-0.15, -0.1) is 11.8 Å². The van der Waals surface area contributed by atoms with Crippen LogP contribution in [0.2, 0.25) is 5.02 Å². The average molecular weight is 704 g/mol. The number of nitrogens with zero attached hydrogens (tertiary/aromatic N) is 2. The number of nitrogens with one attached hydrogen (secondary N) is 1. The van der Waals surface area contributed by atoms with E-state index in [9.17, 15) is 18.0 Å². The van der Waals surface area contributed by atoms with E-state index in [1.165, 1.54) is 16.7 Å². The Kier molecular flexibility index (Phi) is 12.2. The van der Waals surface area contributed by atoms with Crippen LogP contribution in [0.5, 0.6) is 0 Å². The summed E-state index contributed by atoms with van der Waals surface area (Å²) in [5.41, 5.74) is 2.85. The highest BCUT2D eigenvalue weighted by Gasteiger charge is 2.35. The number of carbonyl (C=O) groups is 2. The molecule has 0 aromatic heterocycles. The summed E-state index contributed by atoms with van der Waals surface area (Å²) in [6.45, 7) is 1.43. The van der Waals surface area contributed by atoms with Crippen LogP contribution in [0.3, 0.4) is 0 Å². The molecule has 2 amide bonds. The van der Waals surface area contributed by atoms with Crippen molar-refractivity contribution in [2.45, 2.75) is 73.9 Å². The van der Waals surface area contributed by atoms with Gasteiger partial charge in [-0.05, 0) is 79.6 Å². The first-order chi connectivity index (χ1) is 23.2. The lowest BCUT2D eigenvalue weighted by molar-refractivity contribution is -0.140. The molecule has 0 radical (unpaired) electrons. The van der Waals surface area contributed by atoms with Crippen LogP contribution < -0.4 is 9.62 Å². The quantitative estimate of drug-likeness (QED) is 0.145. The normalized spacial score (nSPS) is 14.2. The monoisotopic (exact) mass is 703 g/mol. The molecule has 1 N–H and O–H groups in total. The molecule has 0 aliphatic heterocycles. The topological polar surface area (TPSA) is 86.8 Å². The van der Waals surface area contributed by atoms with Crippen LogP contribution in [0.4, 0.5) is 5.69 Å². The van der Waals surface area contributed by atoms with Gasteiger partial charge < -0.3 is 10.2 Å². The van der Waals surface area contributed by atoms with Crippen LogP contribution >= 0.6 is 23.4 Å². The number of benzene rings is 4. The van der Waals surface area contributed by atoms with E-state index in [0.717, 1.165) is 52.4 Å². The molecule has 0 heterocycles. The fourth-order valence-corrected chi connectivity index (χ4v) is 8.04. The lowest BCUT2D eigenvalue weighted by Crippen LogP contribution is -2.55. The van der Waals surface area contributed by atoms with Crippen molar-refractivity contribution >= 4 is 50.9 Å². The van der Waals surface area contributed by atoms with Gasteiger partial charge in [-0.1, -0.05) is 97.1 Å². The van der Waals surface area contributed by atoms with Gasteiger partial charge in [-0.25, -0.2) is 8.42 Å². The summed E-state index contributed by atoms with van der Waals surface area (Å²) in [6, 6.07) is 29.5. The van der Waals surface area contributed by atoms with E-state index in [4.69, 9.17) is 11.6 Å². The number of hydrogen-bond donors (Lipinski definition) is 1. The Balaban J connectivity index is 1.56. The summed E-state index contributed by atoms with van der Waals surface area (Å²) in [4.78, 5) is 31.4. The third kappa shape index (κ3) is 9.01. The summed E-state index contributed by atoms with van der Waals surface area (Å²) < 4.78 is 29.7. The number of amides is 2. The van der Waals surface area contributed by atoms with Crippen molar-refractivity contribution in [1.29, 1.82) is 0 Å². The fraction of sp³-hybridized carbons (Fsp3) is 0.316. The molecular formula is C38H42ClN3O4S2. The van der Waals surface area contributed by atoms with Crippen molar-refractivity contribution < 1.29 is 18.0 Å². The van der Waals surface area contributed by atoms with Crippen LogP contribution in [0.1, 0.15) is 48.8 Å². The molecule has 0 unspecified atom stereocenters. The highest BCUT2D eigenvalue weighted by atomic mass is 35.5. The van der Waals surface area contributed by atoms with Gasteiger partial charge >= 0.3 is 0 Å². The van der Waals surface area contributed by atoms with E-state index >= 15 is 0 Å². The Morgan fingerprint density at radius 2 is 1.52 bits per heavy atom. The number of rotatable bonds is 13. The van der Waals surface area contributed by atoms with E-state index in [2.05, 4.69) is 5.32 Å². The first-order valence-corrected chi connectivity index (χ1v) is 19.3. The molecule has 0 bridgehead atoms. The van der Waals surface area contributed by atoms with Crippen molar-refractivity contribution in [2.75, 3.05) is 17.1 Å². The van der Waals surface area contributed by atoms with E-state index < -0.39 is 28.5 Å². The largest absolute Gasteiger partial charge is 0.352 e. The van der Waals surface area contributed by atoms with Crippen molar-refractivity contribution in [3.05, 3.63) is 125 Å². The predicted molar refractivity (Wildman–Crippen MR) is 195 cm³/mol. The summed E-state index contributed by atoms with van der Waals surface area (Å²) in [5, 5.41) is 3.69. The lowest BCUT2D eigenvalue weighted by atomic mass is 9.94. The second-order valence-corrected chi connectivity index (χ2v) is 15.3. The van der Waals surface area contributed by atoms with Crippen molar-refractivity contribution in [3.63, 3.8) is 0 Å². The Labute approximate surface area is 293 Å². The molecule has 7 nitrogen and oxygen atoms in total. The molecule has 1 fully saturated rings. The van der Waals surface area contributed by atoms with Gasteiger partial charge in [0, 0.05) is 28.9 Å². The summed E-state index contributed by atoms with van der Waals surface area (Å²) in [6.07, 6.45) is 7.16. The Bertz CT molecular complexity index is 1780. The Morgan fingerprint density at radius 3 is 2.17 bits per heavy atom. The molecule has 4 aromatic carbocycles. The van der Waals surface area contributed by atoms with Gasteiger partial charge in [0.05, 0.1) is 10.6 Å². The van der Waals surface area contributed by atoms with Gasteiger partial charge in [0.25, 0.3) is 10.0 Å².